The van der Waals surface area contributed by atoms with E-state index in [9.17, 15) is 0 Å². The number of hydrogen-bond donors (Lipinski definition) is 2. The fraction of sp³-hybridized carbons (Fsp3) is 0.250. The molecule has 3 N–H and O–H groups in total. The zero-order valence-corrected chi connectivity index (χ0v) is 10.8. The van der Waals surface area contributed by atoms with E-state index in [-0.39, 0.29) is 0 Å². The maximum absolute atomic E-state index is 5.97. The van der Waals surface area contributed by atoms with Crippen molar-refractivity contribution in [2.45, 2.75) is 13.8 Å². The van der Waals surface area contributed by atoms with E-state index >= 15 is 0 Å². The maximum atomic E-state index is 5.97. The lowest BCUT2D eigenvalue weighted by atomic mass is 10.2. The number of nitrogens with one attached hydrogen (secondary N) is 1. The van der Waals surface area contributed by atoms with Crippen LogP contribution in [0.2, 0.25) is 5.02 Å². The number of rotatable bonds is 2. The van der Waals surface area contributed by atoms with Crippen LogP contribution in [0.5, 0.6) is 0 Å². The first-order chi connectivity index (χ1) is 7.99. The lowest BCUT2D eigenvalue weighted by Gasteiger charge is -2.10. The van der Waals surface area contributed by atoms with Crippen LogP contribution < -0.4 is 11.1 Å². The minimum Gasteiger partial charge on any atom is -0.394 e. The van der Waals surface area contributed by atoms with Gasteiger partial charge in [-0.25, -0.2) is 0 Å². The highest BCUT2D eigenvalue weighted by molar-refractivity contribution is 6.30. The molecule has 17 heavy (non-hydrogen) atoms. The van der Waals surface area contributed by atoms with E-state index < -0.39 is 0 Å². The van der Waals surface area contributed by atoms with Gasteiger partial charge in [0.25, 0.3) is 0 Å². The summed E-state index contributed by atoms with van der Waals surface area (Å²) in [6.45, 7) is 3.89. The number of halogens is 1. The van der Waals surface area contributed by atoms with Crippen molar-refractivity contribution < 1.29 is 0 Å². The van der Waals surface area contributed by atoms with Crippen LogP contribution in [0.4, 0.5) is 17.2 Å². The van der Waals surface area contributed by atoms with Gasteiger partial charge in [-0.05, 0) is 31.5 Å². The van der Waals surface area contributed by atoms with E-state index in [4.69, 9.17) is 17.3 Å². The van der Waals surface area contributed by atoms with Gasteiger partial charge in [0.05, 0.1) is 11.4 Å². The summed E-state index contributed by atoms with van der Waals surface area (Å²) in [5, 5.41) is 8.21. The third kappa shape index (κ3) is 2.22. The molecule has 0 radical (unpaired) electrons. The van der Waals surface area contributed by atoms with Gasteiger partial charge in [0.1, 0.15) is 0 Å². The van der Waals surface area contributed by atoms with Crippen molar-refractivity contribution in [1.29, 1.82) is 0 Å². The largest absolute Gasteiger partial charge is 0.394 e. The Morgan fingerprint density at radius 1 is 1.35 bits per heavy atom. The number of benzene rings is 1. The number of anilines is 3. The van der Waals surface area contributed by atoms with Crippen molar-refractivity contribution in [3.8, 4) is 0 Å². The highest BCUT2D eigenvalue weighted by atomic mass is 35.5. The molecule has 0 spiro atoms. The third-order valence-corrected chi connectivity index (χ3v) is 2.96. The number of nitrogens with two attached hydrogens (primary N) is 1. The molecule has 0 aliphatic carbocycles. The minimum atomic E-state index is 0.659. The van der Waals surface area contributed by atoms with Crippen LogP contribution in [0.3, 0.4) is 0 Å². The summed E-state index contributed by atoms with van der Waals surface area (Å²) in [5.41, 5.74) is 9.48. The summed E-state index contributed by atoms with van der Waals surface area (Å²) in [7, 11) is 1.85. The molecule has 0 bridgehead atoms. The van der Waals surface area contributed by atoms with Crippen LogP contribution in [0, 0.1) is 13.8 Å². The molecule has 1 aromatic heterocycles. The number of aromatic nitrogens is 2. The maximum Gasteiger partial charge on any atom is 0.152 e. The second-order valence-corrected chi connectivity index (χ2v) is 4.49. The summed E-state index contributed by atoms with van der Waals surface area (Å²) >= 11 is 5.97. The normalized spacial score (nSPS) is 10.6. The molecule has 0 fully saturated rings. The van der Waals surface area contributed by atoms with E-state index in [1.165, 1.54) is 0 Å². The van der Waals surface area contributed by atoms with E-state index in [2.05, 4.69) is 10.4 Å². The smallest absolute Gasteiger partial charge is 0.152 e. The SMILES string of the molecule is Cc1ccc(Cl)cc1Nc1c(N)c(C)nn1C. The quantitative estimate of drug-likeness (QED) is 0.862. The Labute approximate surface area is 105 Å². The van der Waals surface area contributed by atoms with E-state index in [1.807, 2.05) is 39.1 Å². The van der Waals surface area contributed by atoms with Crippen LogP contribution >= 0.6 is 11.6 Å². The molecule has 1 heterocycles. The molecule has 4 nitrogen and oxygen atoms in total. The minimum absolute atomic E-state index is 0.659. The van der Waals surface area contributed by atoms with Crippen molar-refractivity contribution in [2.75, 3.05) is 11.1 Å². The third-order valence-electron chi connectivity index (χ3n) is 2.72. The van der Waals surface area contributed by atoms with Crippen molar-refractivity contribution in [3.63, 3.8) is 0 Å². The average Bonchev–Trinajstić information content (AvgIpc) is 2.50. The summed E-state index contributed by atoms with van der Waals surface area (Å²) < 4.78 is 1.73. The Hall–Kier alpha value is -1.68. The monoisotopic (exact) mass is 250 g/mol. The van der Waals surface area contributed by atoms with Crippen molar-refractivity contribution in [1.82, 2.24) is 9.78 Å². The molecule has 1 aromatic carbocycles. The molecule has 0 aliphatic rings. The zero-order chi connectivity index (χ0) is 12.6. The second-order valence-electron chi connectivity index (χ2n) is 4.06. The number of hydrogen-bond acceptors (Lipinski definition) is 3. The molecule has 2 aromatic rings. The van der Waals surface area contributed by atoms with Crippen LogP contribution in [0.1, 0.15) is 11.3 Å². The molecule has 0 amide bonds. The van der Waals surface area contributed by atoms with Gasteiger partial charge < -0.3 is 11.1 Å². The Balaban J connectivity index is 2.41. The van der Waals surface area contributed by atoms with E-state index in [0.717, 1.165) is 22.8 Å². The van der Waals surface area contributed by atoms with Gasteiger partial charge in [-0.1, -0.05) is 17.7 Å². The van der Waals surface area contributed by atoms with Crippen molar-refractivity contribution in [2.24, 2.45) is 7.05 Å². The summed E-state index contributed by atoms with van der Waals surface area (Å²) in [4.78, 5) is 0. The first-order valence-corrected chi connectivity index (χ1v) is 5.69. The molecule has 0 aliphatic heterocycles. The highest BCUT2D eigenvalue weighted by Crippen LogP contribution is 2.28. The number of nitrogens with zero attached hydrogens (tertiary/aromatic N) is 2. The van der Waals surface area contributed by atoms with Gasteiger partial charge in [-0.3, -0.25) is 4.68 Å². The first-order valence-electron chi connectivity index (χ1n) is 5.31. The standard InChI is InChI=1S/C12H15ClN4/c1-7-4-5-9(13)6-10(7)15-12-11(14)8(2)16-17(12)3/h4-6,15H,14H2,1-3H3. The predicted molar refractivity (Wildman–Crippen MR) is 71.8 cm³/mol. The molecular formula is C12H15ClN4. The highest BCUT2D eigenvalue weighted by Gasteiger charge is 2.11. The van der Waals surface area contributed by atoms with Crippen LogP contribution in [0.25, 0.3) is 0 Å². The molecule has 5 heteroatoms. The van der Waals surface area contributed by atoms with Crippen LogP contribution in [-0.4, -0.2) is 9.78 Å². The average molecular weight is 251 g/mol. The fourth-order valence-electron chi connectivity index (χ4n) is 1.68. The summed E-state index contributed by atoms with van der Waals surface area (Å²) in [6.07, 6.45) is 0. The van der Waals surface area contributed by atoms with Gasteiger partial charge in [0.15, 0.2) is 5.82 Å². The lowest BCUT2D eigenvalue weighted by molar-refractivity contribution is 0.765. The predicted octanol–water partition coefficient (Wildman–Crippen LogP) is 3.02. The van der Waals surface area contributed by atoms with Gasteiger partial charge >= 0.3 is 0 Å². The van der Waals surface area contributed by atoms with Crippen LogP contribution in [-0.2, 0) is 7.05 Å². The molecular weight excluding hydrogens is 236 g/mol. The van der Waals surface area contributed by atoms with E-state index in [1.54, 1.807) is 4.68 Å². The Morgan fingerprint density at radius 3 is 2.65 bits per heavy atom. The fourth-order valence-corrected chi connectivity index (χ4v) is 1.85. The van der Waals surface area contributed by atoms with Crippen molar-refractivity contribution in [3.05, 3.63) is 34.5 Å². The molecule has 2 rings (SSSR count). The Kier molecular flexibility index (Phi) is 2.98. The summed E-state index contributed by atoms with van der Waals surface area (Å²) in [6, 6.07) is 5.70. The van der Waals surface area contributed by atoms with E-state index in [0.29, 0.717) is 10.7 Å². The summed E-state index contributed by atoms with van der Waals surface area (Å²) in [5.74, 6) is 0.785. The van der Waals surface area contributed by atoms with Gasteiger partial charge in [-0.15, -0.1) is 0 Å². The first kappa shape index (κ1) is 11.8. The molecule has 0 saturated heterocycles. The van der Waals surface area contributed by atoms with Gasteiger partial charge in [0.2, 0.25) is 0 Å². The van der Waals surface area contributed by atoms with Crippen LogP contribution in [0.15, 0.2) is 18.2 Å². The molecule has 0 atom stereocenters. The number of nitrogen functional groups attached to an aromatic ring is 1. The molecule has 90 valence electrons. The number of aryl methyl sites for hydroxylation is 3. The Bertz CT molecular complexity index is 560. The lowest BCUT2D eigenvalue weighted by Crippen LogP contribution is -2.02. The molecule has 0 saturated carbocycles. The molecule has 0 unspecified atom stereocenters. The second kappa shape index (κ2) is 4.30. The Morgan fingerprint density at radius 2 is 2.06 bits per heavy atom. The van der Waals surface area contributed by atoms with Gasteiger partial charge in [0, 0.05) is 17.8 Å². The topological polar surface area (TPSA) is 55.9 Å². The van der Waals surface area contributed by atoms with Gasteiger partial charge in [-0.2, -0.15) is 5.10 Å². The van der Waals surface area contributed by atoms with Crippen molar-refractivity contribution >= 4 is 28.8 Å². The zero-order valence-electron chi connectivity index (χ0n) is 10.1.